The summed E-state index contributed by atoms with van der Waals surface area (Å²) >= 11 is 0. The maximum atomic E-state index is 11.3. The molecular formula is C14H14O3S. The molecule has 0 radical (unpaired) electrons. The third-order valence-corrected chi connectivity index (χ3v) is 3.87. The summed E-state index contributed by atoms with van der Waals surface area (Å²) < 4.78 is 22.6. The van der Waals surface area contributed by atoms with Crippen molar-refractivity contribution in [3.8, 4) is 5.75 Å². The van der Waals surface area contributed by atoms with Crippen LogP contribution in [0.25, 0.3) is 0 Å². The summed E-state index contributed by atoms with van der Waals surface area (Å²) in [5.41, 5.74) is 1.79. The van der Waals surface area contributed by atoms with Gasteiger partial charge in [0.05, 0.1) is 4.90 Å². The van der Waals surface area contributed by atoms with Crippen LogP contribution in [0.4, 0.5) is 0 Å². The normalized spacial score (nSPS) is 11.4. The highest BCUT2D eigenvalue weighted by Gasteiger charge is 2.07. The molecule has 2 aromatic rings. The van der Waals surface area contributed by atoms with Crippen LogP contribution in [-0.4, -0.2) is 19.8 Å². The first kappa shape index (κ1) is 12.6. The van der Waals surface area contributed by atoms with E-state index < -0.39 is 9.84 Å². The lowest BCUT2D eigenvalue weighted by Gasteiger charge is -2.05. The summed E-state index contributed by atoms with van der Waals surface area (Å²) in [6, 6.07) is 13.8. The molecule has 0 heterocycles. The summed E-state index contributed by atoms with van der Waals surface area (Å²) in [5.74, 6) is 0.254. The van der Waals surface area contributed by atoms with Crippen molar-refractivity contribution >= 4 is 9.84 Å². The second-order valence-electron chi connectivity index (χ2n) is 4.22. The first-order valence-electron chi connectivity index (χ1n) is 5.53. The number of benzene rings is 2. The number of hydrogen-bond donors (Lipinski definition) is 1. The number of para-hydroxylation sites is 1. The van der Waals surface area contributed by atoms with Crippen LogP contribution in [0.3, 0.4) is 0 Å². The Bertz CT molecular complexity index is 643. The van der Waals surface area contributed by atoms with Crippen LogP contribution < -0.4 is 0 Å². The molecule has 2 aromatic carbocycles. The van der Waals surface area contributed by atoms with E-state index in [-0.39, 0.29) is 5.75 Å². The minimum Gasteiger partial charge on any atom is -0.508 e. The van der Waals surface area contributed by atoms with Crippen LogP contribution >= 0.6 is 0 Å². The van der Waals surface area contributed by atoms with E-state index in [0.29, 0.717) is 11.3 Å². The van der Waals surface area contributed by atoms with Gasteiger partial charge < -0.3 is 5.11 Å². The lowest BCUT2D eigenvalue weighted by Crippen LogP contribution is -1.97. The third-order valence-electron chi connectivity index (χ3n) is 2.74. The minimum absolute atomic E-state index is 0.254. The largest absolute Gasteiger partial charge is 0.508 e. The summed E-state index contributed by atoms with van der Waals surface area (Å²) in [4.78, 5) is 0.309. The summed E-state index contributed by atoms with van der Waals surface area (Å²) in [6.45, 7) is 0. The van der Waals surface area contributed by atoms with Crippen molar-refractivity contribution in [2.75, 3.05) is 6.26 Å². The zero-order chi connectivity index (χ0) is 13.2. The van der Waals surface area contributed by atoms with Crippen molar-refractivity contribution in [2.45, 2.75) is 11.3 Å². The fraction of sp³-hybridized carbons (Fsp3) is 0.143. The maximum absolute atomic E-state index is 11.3. The zero-order valence-electron chi connectivity index (χ0n) is 10.00. The van der Waals surface area contributed by atoms with Gasteiger partial charge in [-0.2, -0.15) is 0 Å². The molecule has 3 nitrogen and oxygen atoms in total. The number of aromatic hydroxyl groups is 1. The molecule has 0 amide bonds. The molecule has 4 heteroatoms. The number of sulfone groups is 1. The van der Waals surface area contributed by atoms with Crippen molar-refractivity contribution in [2.24, 2.45) is 0 Å². The predicted octanol–water partition coefficient (Wildman–Crippen LogP) is 2.39. The predicted molar refractivity (Wildman–Crippen MR) is 70.5 cm³/mol. The van der Waals surface area contributed by atoms with Crippen LogP contribution in [0.5, 0.6) is 5.75 Å². The van der Waals surface area contributed by atoms with Crippen LogP contribution in [0.2, 0.25) is 0 Å². The summed E-state index contributed by atoms with van der Waals surface area (Å²) in [5, 5.41) is 9.66. The average molecular weight is 262 g/mol. The molecule has 0 fully saturated rings. The fourth-order valence-electron chi connectivity index (χ4n) is 1.73. The van der Waals surface area contributed by atoms with Crippen LogP contribution in [0.1, 0.15) is 11.1 Å². The third kappa shape index (κ3) is 2.90. The SMILES string of the molecule is CS(=O)(=O)c1ccc(Cc2ccccc2O)cc1. The molecule has 94 valence electrons. The molecule has 0 aliphatic carbocycles. The van der Waals surface area contributed by atoms with Crippen molar-refractivity contribution in [3.05, 3.63) is 59.7 Å². The van der Waals surface area contributed by atoms with E-state index in [2.05, 4.69) is 0 Å². The van der Waals surface area contributed by atoms with Crippen molar-refractivity contribution in [3.63, 3.8) is 0 Å². The van der Waals surface area contributed by atoms with Crippen LogP contribution in [0.15, 0.2) is 53.4 Å². The lowest BCUT2D eigenvalue weighted by atomic mass is 10.0. The topological polar surface area (TPSA) is 54.4 Å². The first-order chi connectivity index (χ1) is 8.47. The fourth-order valence-corrected chi connectivity index (χ4v) is 2.37. The Kier molecular flexibility index (Phi) is 3.39. The number of phenolic OH excluding ortho intramolecular Hbond substituents is 1. The zero-order valence-corrected chi connectivity index (χ0v) is 10.8. The van der Waals surface area contributed by atoms with E-state index >= 15 is 0 Å². The van der Waals surface area contributed by atoms with E-state index in [4.69, 9.17) is 0 Å². The van der Waals surface area contributed by atoms with Gasteiger partial charge in [-0.3, -0.25) is 0 Å². The molecule has 0 atom stereocenters. The van der Waals surface area contributed by atoms with Gasteiger partial charge in [0, 0.05) is 12.7 Å². The Morgan fingerprint density at radius 1 is 1.00 bits per heavy atom. The highest BCUT2D eigenvalue weighted by atomic mass is 32.2. The Balaban J connectivity index is 2.24. The Morgan fingerprint density at radius 3 is 2.17 bits per heavy atom. The number of rotatable bonds is 3. The molecule has 18 heavy (non-hydrogen) atoms. The molecule has 0 bridgehead atoms. The molecule has 0 saturated heterocycles. The molecule has 0 spiro atoms. The summed E-state index contributed by atoms with van der Waals surface area (Å²) in [7, 11) is -3.15. The molecule has 0 aliphatic rings. The smallest absolute Gasteiger partial charge is 0.175 e. The molecular weight excluding hydrogens is 248 g/mol. The van der Waals surface area contributed by atoms with Gasteiger partial charge in [-0.1, -0.05) is 30.3 Å². The summed E-state index contributed by atoms with van der Waals surface area (Å²) in [6.07, 6.45) is 1.77. The van der Waals surface area contributed by atoms with Gasteiger partial charge in [0.1, 0.15) is 5.75 Å². The first-order valence-corrected chi connectivity index (χ1v) is 7.42. The van der Waals surface area contributed by atoms with E-state index in [0.717, 1.165) is 11.1 Å². The van der Waals surface area contributed by atoms with Gasteiger partial charge in [0.25, 0.3) is 0 Å². The highest BCUT2D eigenvalue weighted by Crippen LogP contribution is 2.20. The van der Waals surface area contributed by atoms with Gasteiger partial charge in [0.2, 0.25) is 0 Å². The van der Waals surface area contributed by atoms with Gasteiger partial charge in [-0.15, -0.1) is 0 Å². The van der Waals surface area contributed by atoms with Crippen molar-refractivity contribution in [1.82, 2.24) is 0 Å². The second-order valence-corrected chi connectivity index (χ2v) is 6.24. The highest BCUT2D eigenvalue weighted by molar-refractivity contribution is 7.90. The minimum atomic E-state index is -3.15. The van der Waals surface area contributed by atoms with Gasteiger partial charge in [-0.25, -0.2) is 8.42 Å². The Morgan fingerprint density at radius 2 is 1.61 bits per heavy atom. The van der Waals surface area contributed by atoms with Crippen molar-refractivity contribution < 1.29 is 13.5 Å². The number of hydrogen-bond acceptors (Lipinski definition) is 3. The van der Waals surface area contributed by atoms with Gasteiger partial charge in [0.15, 0.2) is 9.84 Å². The standard InChI is InChI=1S/C14H14O3S/c1-18(16,17)13-8-6-11(7-9-13)10-12-4-2-3-5-14(12)15/h2-9,15H,10H2,1H3. The Hall–Kier alpha value is -1.81. The van der Waals surface area contributed by atoms with E-state index in [1.54, 1.807) is 36.4 Å². The molecule has 1 N–H and O–H groups in total. The van der Waals surface area contributed by atoms with Gasteiger partial charge >= 0.3 is 0 Å². The molecule has 0 unspecified atom stereocenters. The molecule has 0 aliphatic heterocycles. The monoisotopic (exact) mass is 262 g/mol. The van der Waals surface area contributed by atoms with Crippen molar-refractivity contribution in [1.29, 1.82) is 0 Å². The van der Waals surface area contributed by atoms with E-state index in [1.165, 1.54) is 6.26 Å². The second kappa shape index (κ2) is 4.82. The van der Waals surface area contributed by atoms with Gasteiger partial charge in [-0.05, 0) is 29.3 Å². The molecule has 2 rings (SSSR count). The molecule has 0 aromatic heterocycles. The number of phenols is 1. The van der Waals surface area contributed by atoms with E-state index in [1.807, 2.05) is 12.1 Å². The quantitative estimate of drug-likeness (QED) is 0.924. The average Bonchev–Trinajstić information content (AvgIpc) is 2.32. The van der Waals surface area contributed by atoms with Crippen LogP contribution in [0, 0.1) is 0 Å². The molecule has 0 saturated carbocycles. The Labute approximate surface area is 107 Å². The maximum Gasteiger partial charge on any atom is 0.175 e. The lowest BCUT2D eigenvalue weighted by molar-refractivity contribution is 0.469. The van der Waals surface area contributed by atoms with Crippen LogP contribution in [-0.2, 0) is 16.3 Å². The van der Waals surface area contributed by atoms with E-state index in [9.17, 15) is 13.5 Å².